The number of phenolic OH excluding ortho intramolecular Hbond substituents is 1. The van der Waals surface area contributed by atoms with Crippen LogP contribution in [0.3, 0.4) is 0 Å². The van der Waals surface area contributed by atoms with Crippen LogP contribution < -0.4 is 9.64 Å². The van der Waals surface area contributed by atoms with Gasteiger partial charge >= 0.3 is 0 Å². The summed E-state index contributed by atoms with van der Waals surface area (Å²) in [5, 5.41) is 9.67. The molecule has 2 aromatic carbocycles. The number of ether oxygens (including phenoxy) is 1. The van der Waals surface area contributed by atoms with Gasteiger partial charge < -0.3 is 14.7 Å². The molecule has 1 heterocycles. The number of hydrogen-bond acceptors (Lipinski definition) is 3. The van der Waals surface area contributed by atoms with Crippen molar-refractivity contribution in [2.75, 3.05) is 4.90 Å². The highest BCUT2D eigenvalue weighted by Gasteiger charge is 2.36. The fourth-order valence-electron chi connectivity index (χ4n) is 2.77. The number of rotatable bonds is 3. The lowest BCUT2D eigenvalue weighted by Gasteiger charge is -2.37. The zero-order valence-electron chi connectivity index (χ0n) is 13.0. The van der Waals surface area contributed by atoms with Crippen LogP contribution in [0.1, 0.15) is 19.4 Å². The molecule has 1 aliphatic heterocycles. The average Bonchev–Trinajstić information content (AvgIpc) is 2.50. The molecule has 1 unspecified atom stereocenters. The van der Waals surface area contributed by atoms with Gasteiger partial charge in [0, 0.05) is 18.5 Å². The standard InChI is InChI=1S/C18H18FNO3/c1-11(2)20-15-10-14(21)7-8-16(15)23-17(18(20)22)9-12-3-5-13(19)6-4-12/h3-8,10-11,17,21H,9H2,1-2H3. The Bertz CT molecular complexity index is 728. The summed E-state index contributed by atoms with van der Waals surface area (Å²) in [5.41, 5.74) is 1.40. The van der Waals surface area contributed by atoms with Gasteiger partial charge in [0.15, 0.2) is 6.10 Å². The van der Waals surface area contributed by atoms with Gasteiger partial charge in [0.05, 0.1) is 5.69 Å². The third-order valence-electron chi connectivity index (χ3n) is 3.83. The fourth-order valence-corrected chi connectivity index (χ4v) is 2.77. The molecular weight excluding hydrogens is 297 g/mol. The minimum absolute atomic E-state index is 0.0670. The van der Waals surface area contributed by atoms with E-state index in [0.717, 1.165) is 5.56 Å². The van der Waals surface area contributed by atoms with E-state index in [0.29, 0.717) is 17.9 Å². The number of halogens is 1. The molecule has 120 valence electrons. The summed E-state index contributed by atoms with van der Waals surface area (Å²) in [6.07, 6.45) is -0.303. The first-order valence-electron chi connectivity index (χ1n) is 7.53. The summed E-state index contributed by atoms with van der Waals surface area (Å²) in [7, 11) is 0. The Labute approximate surface area is 134 Å². The number of benzene rings is 2. The Morgan fingerprint density at radius 3 is 2.57 bits per heavy atom. The first kappa shape index (κ1) is 15.3. The SMILES string of the molecule is CC(C)N1C(=O)C(Cc2ccc(F)cc2)Oc2ccc(O)cc21. The number of phenols is 1. The lowest BCUT2D eigenvalue weighted by atomic mass is 10.0. The molecule has 0 saturated carbocycles. The molecule has 0 bridgehead atoms. The number of carbonyl (C=O) groups is 1. The maximum atomic E-state index is 13.0. The van der Waals surface area contributed by atoms with E-state index in [4.69, 9.17) is 4.74 Å². The molecule has 3 rings (SSSR count). The second-order valence-corrected chi connectivity index (χ2v) is 5.89. The number of anilines is 1. The zero-order valence-corrected chi connectivity index (χ0v) is 13.0. The van der Waals surface area contributed by atoms with Crippen molar-refractivity contribution in [3.8, 4) is 11.5 Å². The van der Waals surface area contributed by atoms with Crippen molar-refractivity contribution >= 4 is 11.6 Å². The molecule has 23 heavy (non-hydrogen) atoms. The highest BCUT2D eigenvalue weighted by atomic mass is 19.1. The molecule has 0 fully saturated rings. The zero-order chi connectivity index (χ0) is 16.6. The molecule has 0 saturated heterocycles. The molecule has 0 spiro atoms. The smallest absolute Gasteiger partial charge is 0.268 e. The molecule has 5 heteroatoms. The van der Waals surface area contributed by atoms with Gasteiger partial charge in [0.1, 0.15) is 17.3 Å². The van der Waals surface area contributed by atoms with Crippen molar-refractivity contribution in [2.45, 2.75) is 32.4 Å². The number of amides is 1. The first-order chi connectivity index (χ1) is 11.0. The van der Waals surface area contributed by atoms with Gasteiger partial charge in [-0.05, 0) is 43.7 Å². The molecule has 0 radical (unpaired) electrons. The molecule has 4 nitrogen and oxygen atoms in total. The van der Waals surface area contributed by atoms with E-state index >= 15 is 0 Å². The summed E-state index contributed by atoms with van der Waals surface area (Å²) in [4.78, 5) is 14.4. The minimum atomic E-state index is -0.667. The van der Waals surface area contributed by atoms with Crippen LogP contribution in [0, 0.1) is 5.82 Å². The maximum Gasteiger partial charge on any atom is 0.268 e. The van der Waals surface area contributed by atoms with Crippen molar-refractivity contribution in [3.05, 3.63) is 53.8 Å². The predicted molar refractivity (Wildman–Crippen MR) is 85.2 cm³/mol. The van der Waals surface area contributed by atoms with Crippen LogP contribution in [0.4, 0.5) is 10.1 Å². The molecule has 1 amide bonds. The van der Waals surface area contributed by atoms with Crippen molar-refractivity contribution in [2.24, 2.45) is 0 Å². The van der Waals surface area contributed by atoms with Crippen LogP contribution in [0.2, 0.25) is 0 Å². The minimum Gasteiger partial charge on any atom is -0.508 e. The number of fused-ring (bicyclic) bond motifs is 1. The van der Waals surface area contributed by atoms with Crippen LogP contribution >= 0.6 is 0 Å². The van der Waals surface area contributed by atoms with E-state index in [1.807, 2.05) is 13.8 Å². The van der Waals surface area contributed by atoms with Gasteiger partial charge in [-0.3, -0.25) is 4.79 Å². The average molecular weight is 315 g/mol. The van der Waals surface area contributed by atoms with Crippen LogP contribution in [0.25, 0.3) is 0 Å². The van der Waals surface area contributed by atoms with Gasteiger partial charge in [-0.1, -0.05) is 12.1 Å². The van der Waals surface area contributed by atoms with Crippen molar-refractivity contribution < 1.29 is 19.0 Å². The summed E-state index contributed by atoms with van der Waals surface area (Å²) >= 11 is 0. The van der Waals surface area contributed by atoms with E-state index < -0.39 is 6.10 Å². The van der Waals surface area contributed by atoms with Crippen LogP contribution in [-0.4, -0.2) is 23.2 Å². The summed E-state index contributed by atoms with van der Waals surface area (Å²) in [6.45, 7) is 3.82. The summed E-state index contributed by atoms with van der Waals surface area (Å²) in [5.74, 6) is 0.169. The molecule has 0 aliphatic carbocycles. The van der Waals surface area contributed by atoms with Gasteiger partial charge in [-0.2, -0.15) is 0 Å². The van der Waals surface area contributed by atoms with Crippen molar-refractivity contribution in [1.29, 1.82) is 0 Å². The Morgan fingerprint density at radius 2 is 1.91 bits per heavy atom. The number of hydrogen-bond donors (Lipinski definition) is 1. The van der Waals surface area contributed by atoms with E-state index in [2.05, 4.69) is 0 Å². The monoisotopic (exact) mass is 315 g/mol. The van der Waals surface area contributed by atoms with Crippen LogP contribution in [0.15, 0.2) is 42.5 Å². The van der Waals surface area contributed by atoms with Gasteiger partial charge in [-0.25, -0.2) is 4.39 Å². The lowest BCUT2D eigenvalue weighted by Crippen LogP contribution is -2.49. The van der Waals surface area contributed by atoms with Crippen LogP contribution in [-0.2, 0) is 11.2 Å². The largest absolute Gasteiger partial charge is 0.508 e. The lowest BCUT2D eigenvalue weighted by molar-refractivity contribution is -0.126. The number of aromatic hydroxyl groups is 1. The predicted octanol–water partition coefficient (Wildman–Crippen LogP) is 3.28. The van der Waals surface area contributed by atoms with E-state index in [1.54, 1.807) is 23.1 Å². The van der Waals surface area contributed by atoms with E-state index in [1.165, 1.54) is 24.3 Å². The molecular formula is C18H18FNO3. The van der Waals surface area contributed by atoms with Crippen LogP contribution in [0.5, 0.6) is 11.5 Å². The van der Waals surface area contributed by atoms with E-state index in [9.17, 15) is 14.3 Å². The first-order valence-corrected chi connectivity index (χ1v) is 7.53. The Kier molecular flexibility index (Phi) is 3.94. The normalized spacial score (nSPS) is 17.1. The van der Waals surface area contributed by atoms with E-state index in [-0.39, 0.29) is 23.5 Å². The Balaban J connectivity index is 1.93. The third-order valence-corrected chi connectivity index (χ3v) is 3.83. The second kappa shape index (κ2) is 5.91. The molecule has 1 atom stereocenters. The maximum absolute atomic E-state index is 13.0. The summed E-state index contributed by atoms with van der Waals surface area (Å²) in [6, 6.07) is 10.7. The topological polar surface area (TPSA) is 49.8 Å². The highest BCUT2D eigenvalue weighted by molar-refractivity contribution is 6.00. The van der Waals surface area contributed by atoms with Crippen molar-refractivity contribution in [1.82, 2.24) is 0 Å². The number of nitrogens with zero attached hydrogens (tertiary/aromatic N) is 1. The van der Waals surface area contributed by atoms with Gasteiger partial charge in [-0.15, -0.1) is 0 Å². The molecule has 2 aromatic rings. The van der Waals surface area contributed by atoms with Gasteiger partial charge in [0.2, 0.25) is 0 Å². The van der Waals surface area contributed by atoms with Crippen molar-refractivity contribution in [3.63, 3.8) is 0 Å². The molecule has 0 aromatic heterocycles. The quantitative estimate of drug-likeness (QED) is 0.945. The Hall–Kier alpha value is -2.56. The van der Waals surface area contributed by atoms with Gasteiger partial charge in [0.25, 0.3) is 5.91 Å². The highest BCUT2D eigenvalue weighted by Crippen LogP contribution is 2.38. The Morgan fingerprint density at radius 1 is 1.22 bits per heavy atom. The third kappa shape index (κ3) is 2.99. The summed E-state index contributed by atoms with van der Waals surface area (Å²) < 4.78 is 18.8. The molecule has 1 aliphatic rings. The second-order valence-electron chi connectivity index (χ2n) is 5.89. The number of carbonyl (C=O) groups excluding carboxylic acids is 1. The molecule has 1 N–H and O–H groups in total. The fraction of sp³-hybridized carbons (Fsp3) is 0.278.